The summed E-state index contributed by atoms with van der Waals surface area (Å²) in [7, 11) is 0. The number of aromatic nitrogens is 2. The van der Waals surface area contributed by atoms with Gasteiger partial charge in [0.2, 0.25) is 0 Å². The molecule has 2 aromatic carbocycles. The van der Waals surface area contributed by atoms with Gasteiger partial charge >= 0.3 is 5.69 Å². The molecule has 1 amide bonds. The van der Waals surface area contributed by atoms with Crippen molar-refractivity contribution in [2.24, 2.45) is 0 Å². The molecule has 7 heteroatoms. The molecule has 3 aromatic rings. The average Bonchev–Trinajstić information content (AvgIpc) is 2.92. The first-order valence-corrected chi connectivity index (χ1v) is 9.35. The van der Waals surface area contributed by atoms with Crippen LogP contribution in [0.2, 0.25) is 0 Å². The molecule has 144 valence electrons. The van der Waals surface area contributed by atoms with Crippen LogP contribution in [0.5, 0.6) is 0 Å². The Labute approximate surface area is 161 Å². The highest BCUT2D eigenvalue weighted by Crippen LogP contribution is 2.17. The van der Waals surface area contributed by atoms with E-state index in [1.807, 2.05) is 18.2 Å². The van der Waals surface area contributed by atoms with E-state index in [1.165, 1.54) is 6.07 Å². The van der Waals surface area contributed by atoms with Crippen LogP contribution in [0.4, 0.5) is 4.39 Å². The van der Waals surface area contributed by atoms with E-state index in [2.05, 4.69) is 14.9 Å². The lowest BCUT2D eigenvalue weighted by Gasteiger charge is -2.22. The maximum absolute atomic E-state index is 13.4. The smallest absolute Gasteiger partial charge is 0.336 e. The Morgan fingerprint density at radius 2 is 1.93 bits per heavy atom. The predicted molar refractivity (Wildman–Crippen MR) is 105 cm³/mol. The van der Waals surface area contributed by atoms with Gasteiger partial charge in [0.15, 0.2) is 0 Å². The van der Waals surface area contributed by atoms with Crippen LogP contribution in [0, 0.1) is 5.82 Å². The van der Waals surface area contributed by atoms with E-state index in [0.717, 1.165) is 18.5 Å². The molecule has 4 rings (SSSR count). The molecule has 1 saturated heterocycles. The molecule has 0 atom stereocenters. The molecule has 2 heterocycles. The van der Waals surface area contributed by atoms with Gasteiger partial charge in [-0.2, -0.15) is 4.98 Å². The third kappa shape index (κ3) is 3.94. The van der Waals surface area contributed by atoms with Gasteiger partial charge in [-0.15, -0.1) is 0 Å². The van der Waals surface area contributed by atoms with Crippen molar-refractivity contribution >= 4 is 16.8 Å². The number of benzene rings is 2. The van der Waals surface area contributed by atoms with Crippen molar-refractivity contribution in [1.82, 2.24) is 19.8 Å². The molecule has 28 heavy (non-hydrogen) atoms. The van der Waals surface area contributed by atoms with Crippen LogP contribution in [0.25, 0.3) is 10.9 Å². The van der Waals surface area contributed by atoms with Gasteiger partial charge in [-0.05, 0) is 30.2 Å². The van der Waals surface area contributed by atoms with Gasteiger partial charge in [-0.25, -0.2) is 9.18 Å². The van der Waals surface area contributed by atoms with Crippen molar-refractivity contribution in [3.8, 4) is 0 Å². The minimum absolute atomic E-state index is 0.193. The fourth-order valence-electron chi connectivity index (χ4n) is 3.64. The Balaban J connectivity index is 1.50. The lowest BCUT2D eigenvalue weighted by atomic mass is 10.1. The summed E-state index contributed by atoms with van der Waals surface area (Å²) in [5.41, 5.74) is 1.19. The number of nitrogens with zero attached hydrogens (tertiary/aromatic N) is 3. The molecule has 1 aliphatic rings. The number of carbonyl (C=O) groups excluding carboxylic acids is 1. The summed E-state index contributed by atoms with van der Waals surface area (Å²) in [5.74, 6) is -0.466. The maximum Gasteiger partial charge on any atom is 0.346 e. The van der Waals surface area contributed by atoms with Crippen LogP contribution < -0.4 is 5.69 Å². The largest absolute Gasteiger partial charge is 0.346 e. The molecule has 1 aliphatic heterocycles. The number of rotatable bonds is 3. The van der Waals surface area contributed by atoms with Gasteiger partial charge in [0.25, 0.3) is 5.91 Å². The summed E-state index contributed by atoms with van der Waals surface area (Å²) < 4.78 is 13.4. The molecular formula is C21H21FN4O2. The molecular weight excluding hydrogens is 359 g/mol. The molecule has 0 bridgehead atoms. The molecule has 1 N–H and O–H groups in total. The zero-order valence-corrected chi connectivity index (χ0v) is 15.4. The fraction of sp³-hybridized carbons (Fsp3) is 0.286. The summed E-state index contributed by atoms with van der Waals surface area (Å²) in [6.45, 7) is 3.29. The number of amides is 1. The van der Waals surface area contributed by atoms with Crippen molar-refractivity contribution in [1.29, 1.82) is 0 Å². The highest BCUT2D eigenvalue weighted by molar-refractivity contribution is 6.04. The number of carbonyl (C=O) groups is 1. The fourth-order valence-corrected chi connectivity index (χ4v) is 3.64. The molecule has 0 radical (unpaired) electrons. The predicted octanol–water partition coefficient (Wildman–Crippen LogP) is 2.41. The molecule has 1 fully saturated rings. The van der Waals surface area contributed by atoms with Gasteiger partial charge in [-0.3, -0.25) is 9.69 Å². The van der Waals surface area contributed by atoms with Crippen LogP contribution in [0.1, 0.15) is 22.5 Å². The first-order chi connectivity index (χ1) is 13.6. The lowest BCUT2D eigenvalue weighted by molar-refractivity contribution is 0.0757. The number of fused-ring (bicyclic) bond motifs is 1. The van der Waals surface area contributed by atoms with Crippen molar-refractivity contribution in [2.75, 3.05) is 26.2 Å². The van der Waals surface area contributed by atoms with Gasteiger partial charge in [0.05, 0.1) is 5.52 Å². The first kappa shape index (κ1) is 18.3. The van der Waals surface area contributed by atoms with Crippen molar-refractivity contribution in [2.45, 2.75) is 13.0 Å². The quantitative estimate of drug-likeness (QED) is 0.758. The Morgan fingerprint density at radius 3 is 2.79 bits per heavy atom. The normalized spacial score (nSPS) is 15.5. The van der Waals surface area contributed by atoms with Gasteiger partial charge < -0.3 is 9.88 Å². The number of halogens is 1. The van der Waals surface area contributed by atoms with E-state index < -0.39 is 5.69 Å². The van der Waals surface area contributed by atoms with E-state index in [1.54, 1.807) is 29.2 Å². The Bertz CT molecular complexity index is 1070. The van der Waals surface area contributed by atoms with Gasteiger partial charge in [-0.1, -0.05) is 30.3 Å². The zero-order chi connectivity index (χ0) is 19.5. The molecule has 1 aromatic heterocycles. The summed E-state index contributed by atoms with van der Waals surface area (Å²) in [6.07, 6.45) is 0.808. The first-order valence-electron chi connectivity index (χ1n) is 9.35. The van der Waals surface area contributed by atoms with E-state index >= 15 is 0 Å². The van der Waals surface area contributed by atoms with E-state index in [0.29, 0.717) is 37.1 Å². The molecule has 0 saturated carbocycles. The van der Waals surface area contributed by atoms with Gasteiger partial charge in [0.1, 0.15) is 11.5 Å². The third-order valence-electron chi connectivity index (χ3n) is 5.01. The van der Waals surface area contributed by atoms with Crippen molar-refractivity contribution < 1.29 is 9.18 Å². The highest BCUT2D eigenvalue weighted by atomic mass is 19.1. The van der Waals surface area contributed by atoms with Crippen LogP contribution in [0.3, 0.4) is 0 Å². The van der Waals surface area contributed by atoms with Crippen LogP contribution in [-0.4, -0.2) is 51.9 Å². The monoisotopic (exact) mass is 380 g/mol. The van der Waals surface area contributed by atoms with Crippen molar-refractivity contribution in [3.05, 3.63) is 76.1 Å². The van der Waals surface area contributed by atoms with E-state index in [4.69, 9.17) is 0 Å². The highest BCUT2D eigenvalue weighted by Gasteiger charge is 2.23. The third-order valence-corrected chi connectivity index (χ3v) is 5.01. The Hall–Kier alpha value is -3.06. The van der Waals surface area contributed by atoms with Gasteiger partial charge in [0, 0.05) is 38.1 Å². The number of para-hydroxylation sites is 1. The number of nitrogens with one attached hydrogen (secondary N) is 1. The minimum atomic E-state index is -0.524. The standard InChI is InChI=1S/C21H21FN4O2/c22-16-6-3-5-15(13-16)14-25-9-4-10-26(12-11-25)20(27)19-17-7-1-2-8-18(17)23-21(28)24-19/h1-3,5-8,13H,4,9-12,14H2,(H,23,24,28). The maximum atomic E-state index is 13.4. The SMILES string of the molecule is O=C(c1nc(=O)[nH]c2ccccc12)N1CCCN(Cc2cccc(F)c2)CC1. The van der Waals surface area contributed by atoms with E-state index in [-0.39, 0.29) is 17.4 Å². The Morgan fingerprint density at radius 1 is 1.07 bits per heavy atom. The van der Waals surface area contributed by atoms with Crippen LogP contribution >= 0.6 is 0 Å². The van der Waals surface area contributed by atoms with Crippen LogP contribution in [0.15, 0.2) is 53.3 Å². The molecule has 0 spiro atoms. The average molecular weight is 380 g/mol. The minimum Gasteiger partial charge on any atom is -0.336 e. The number of aromatic amines is 1. The summed E-state index contributed by atoms with van der Waals surface area (Å²) in [5, 5.41) is 0.646. The second-order valence-corrected chi connectivity index (χ2v) is 6.99. The second-order valence-electron chi connectivity index (χ2n) is 6.99. The Kier molecular flexibility index (Phi) is 5.16. The molecule has 0 unspecified atom stereocenters. The summed E-state index contributed by atoms with van der Waals surface area (Å²) in [6, 6.07) is 13.8. The topological polar surface area (TPSA) is 69.3 Å². The zero-order valence-electron chi connectivity index (χ0n) is 15.4. The number of hydrogen-bond donors (Lipinski definition) is 1. The summed E-state index contributed by atoms with van der Waals surface area (Å²) >= 11 is 0. The molecule has 0 aliphatic carbocycles. The number of hydrogen-bond acceptors (Lipinski definition) is 4. The second kappa shape index (κ2) is 7.90. The summed E-state index contributed by atoms with van der Waals surface area (Å²) in [4.78, 5) is 35.5. The van der Waals surface area contributed by atoms with Crippen molar-refractivity contribution in [3.63, 3.8) is 0 Å². The van der Waals surface area contributed by atoms with E-state index in [9.17, 15) is 14.0 Å². The molecule has 6 nitrogen and oxygen atoms in total. The van der Waals surface area contributed by atoms with Crippen LogP contribution in [-0.2, 0) is 6.54 Å². The lowest BCUT2D eigenvalue weighted by Crippen LogP contribution is -2.36. The number of H-pyrrole nitrogens is 1.